The Kier molecular flexibility index (Phi) is 10.0. The van der Waals surface area contributed by atoms with Crippen LogP contribution in [-0.4, -0.2) is 49.1 Å². The third-order valence-corrected chi connectivity index (χ3v) is 5.66. The van der Waals surface area contributed by atoms with E-state index in [1.54, 1.807) is 7.11 Å². The third-order valence-electron chi connectivity index (χ3n) is 4.69. The van der Waals surface area contributed by atoms with Crippen molar-refractivity contribution in [1.29, 1.82) is 0 Å². The Bertz CT molecular complexity index is 702. The van der Waals surface area contributed by atoms with E-state index in [-0.39, 0.29) is 24.0 Å². The van der Waals surface area contributed by atoms with Gasteiger partial charge < -0.3 is 15.4 Å². The van der Waals surface area contributed by atoms with Gasteiger partial charge in [0.25, 0.3) is 0 Å². The molecule has 1 saturated heterocycles. The first-order chi connectivity index (χ1) is 13.3. The number of aliphatic imine (C=N–C) groups is 1. The number of pyridine rings is 1. The average molecular weight is 515 g/mol. The normalized spacial score (nSPS) is 15.7. The molecular weight excluding hydrogens is 485 g/mol. The molecule has 0 radical (unpaired) electrons. The lowest BCUT2D eigenvalue weighted by Crippen LogP contribution is -2.42. The topological polar surface area (TPSA) is 61.8 Å². The largest absolute Gasteiger partial charge is 0.481 e. The van der Waals surface area contributed by atoms with Gasteiger partial charge in [-0.3, -0.25) is 4.90 Å². The van der Waals surface area contributed by atoms with Crippen molar-refractivity contribution in [3.63, 3.8) is 0 Å². The monoisotopic (exact) mass is 515 g/mol. The first-order valence-corrected chi connectivity index (χ1v) is 10.5. The SMILES string of the molecule is CCNC(=NCc1ccc(OC)nc1)NCC(c1cccs1)N1CCCC1.I. The van der Waals surface area contributed by atoms with Gasteiger partial charge in [-0.15, -0.1) is 35.3 Å². The molecule has 0 saturated carbocycles. The third kappa shape index (κ3) is 6.59. The zero-order valence-electron chi connectivity index (χ0n) is 16.6. The summed E-state index contributed by atoms with van der Waals surface area (Å²) in [5.41, 5.74) is 1.06. The number of hydrogen-bond acceptors (Lipinski definition) is 5. The number of nitrogens with one attached hydrogen (secondary N) is 2. The highest BCUT2D eigenvalue weighted by atomic mass is 127. The van der Waals surface area contributed by atoms with Crippen molar-refractivity contribution in [2.24, 2.45) is 4.99 Å². The van der Waals surface area contributed by atoms with Gasteiger partial charge in [-0.25, -0.2) is 9.98 Å². The molecule has 1 fully saturated rings. The lowest BCUT2D eigenvalue weighted by Gasteiger charge is -2.27. The number of halogens is 1. The van der Waals surface area contributed by atoms with Gasteiger partial charge in [0, 0.05) is 30.2 Å². The molecule has 2 aromatic heterocycles. The number of guanidine groups is 1. The highest BCUT2D eigenvalue weighted by Crippen LogP contribution is 2.27. The minimum Gasteiger partial charge on any atom is -0.481 e. The van der Waals surface area contributed by atoms with Gasteiger partial charge in [0.15, 0.2) is 5.96 Å². The molecule has 6 nitrogen and oxygen atoms in total. The maximum atomic E-state index is 5.11. The molecule has 8 heteroatoms. The number of ether oxygens (including phenoxy) is 1. The van der Waals surface area contributed by atoms with Gasteiger partial charge >= 0.3 is 0 Å². The van der Waals surface area contributed by atoms with Crippen LogP contribution in [0.25, 0.3) is 0 Å². The summed E-state index contributed by atoms with van der Waals surface area (Å²) in [6.45, 7) is 6.71. The number of hydrogen-bond donors (Lipinski definition) is 2. The molecule has 0 amide bonds. The van der Waals surface area contributed by atoms with Crippen molar-refractivity contribution in [1.82, 2.24) is 20.5 Å². The van der Waals surface area contributed by atoms with Crippen molar-refractivity contribution < 1.29 is 4.74 Å². The van der Waals surface area contributed by atoms with Gasteiger partial charge in [0.1, 0.15) is 0 Å². The quantitative estimate of drug-likeness (QED) is 0.319. The molecule has 0 bridgehead atoms. The van der Waals surface area contributed by atoms with Gasteiger partial charge in [0.2, 0.25) is 5.88 Å². The fraction of sp³-hybridized carbons (Fsp3) is 0.500. The summed E-state index contributed by atoms with van der Waals surface area (Å²) in [6.07, 6.45) is 4.39. The van der Waals surface area contributed by atoms with E-state index in [1.165, 1.54) is 30.8 Å². The van der Waals surface area contributed by atoms with Crippen LogP contribution < -0.4 is 15.4 Å². The summed E-state index contributed by atoms with van der Waals surface area (Å²) in [6, 6.07) is 8.64. The minimum atomic E-state index is 0. The second-order valence-electron chi connectivity index (χ2n) is 6.56. The maximum absolute atomic E-state index is 5.11. The molecule has 28 heavy (non-hydrogen) atoms. The van der Waals surface area contributed by atoms with E-state index in [0.29, 0.717) is 18.5 Å². The number of thiophene rings is 1. The van der Waals surface area contributed by atoms with E-state index in [0.717, 1.165) is 24.6 Å². The van der Waals surface area contributed by atoms with E-state index in [1.807, 2.05) is 29.7 Å². The van der Waals surface area contributed by atoms with Crippen LogP contribution in [0.1, 0.15) is 36.2 Å². The van der Waals surface area contributed by atoms with E-state index in [2.05, 4.69) is 45.0 Å². The predicted molar refractivity (Wildman–Crippen MR) is 127 cm³/mol. The Labute approximate surface area is 188 Å². The molecule has 1 aliphatic heterocycles. The summed E-state index contributed by atoms with van der Waals surface area (Å²) in [7, 11) is 1.62. The first kappa shape index (κ1) is 22.9. The molecule has 0 spiro atoms. The van der Waals surface area contributed by atoms with Crippen LogP contribution in [0.2, 0.25) is 0 Å². The summed E-state index contributed by atoms with van der Waals surface area (Å²) < 4.78 is 5.11. The lowest BCUT2D eigenvalue weighted by atomic mass is 10.2. The van der Waals surface area contributed by atoms with Crippen LogP contribution in [0.3, 0.4) is 0 Å². The minimum absolute atomic E-state index is 0. The van der Waals surface area contributed by atoms with Crippen molar-refractivity contribution in [2.75, 3.05) is 33.3 Å². The fourth-order valence-electron chi connectivity index (χ4n) is 3.27. The highest BCUT2D eigenvalue weighted by Gasteiger charge is 2.24. The Hall–Kier alpha value is -1.39. The number of nitrogens with zero attached hydrogens (tertiary/aromatic N) is 3. The van der Waals surface area contributed by atoms with Crippen molar-refractivity contribution in [3.05, 3.63) is 46.3 Å². The maximum Gasteiger partial charge on any atom is 0.212 e. The molecule has 2 N–H and O–H groups in total. The van der Waals surface area contributed by atoms with Crippen LogP contribution in [-0.2, 0) is 6.54 Å². The summed E-state index contributed by atoms with van der Waals surface area (Å²) in [5.74, 6) is 1.46. The van der Waals surface area contributed by atoms with Gasteiger partial charge in [-0.05, 0) is 49.9 Å². The molecule has 1 unspecified atom stereocenters. The molecular formula is C20H30IN5OS. The van der Waals surface area contributed by atoms with Crippen LogP contribution >= 0.6 is 35.3 Å². The smallest absolute Gasteiger partial charge is 0.212 e. The zero-order chi connectivity index (χ0) is 18.9. The van der Waals surface area contributed by atoms with Crippen molar-refractivity contribution in [3.8, 4) is 5.88 Å². The van der Waals surface area contributed by atoms with Gasteiger partial charge in [0.05, 0.1) is 19.7 Å². The molecule has 3 rings (SSSR count). The molecule has 1 aliphatic rings. The summed E-state index contributed by atoms with van der Waals surface area (Å²) >= 11 is 1.83. The fourth-order valence-corrected chi connectivity index (χ4v) is 4.14. The zero-order valence-corrected chi connectivity index (χ0v) is 19.7. The number of likely N-dealkylation sites (tertiary alicyclic amines) is 1. The van der Waals surface area contributed by atoms with E-state index in [4.69, 9.17) is 9.73 Å². The molecule has 1 atom stereocenters. The Morgan fingerprint density at radius 3 is 2.71 bits per heavy atom. The summed E-state index contributed by atoms with van der Waals surface area (Å²) in [4.78, 5) is 13.0. The molecule has 0 aromatic carbocycles. The number of methoxy groups -OCH3 is 1. The highest BCUT2D eigenvalue weighted by molar-refractivity contribution is 14.0. The van der Waals surface area contributed by atoms with Crippen molar-refractivity contribution >= 4 is 41.3 Å². The van der Waals surface area contributed by atoms with Gasteiger partial charge in [-0.1, -0.05) is 12.1 Å². The standard InChI is InChI=1S/C20H29N5OS.HI/c1-3-21-20(23-14-16-8-9-19(26-2)22-13-16)24-15-17(18-7-6-12-27-18)25-10-4-5-11-25;/h6-9,12-13,17H,3-5,10-11,14-15H2,1-2H3,(H2,21,23,24);1H. The van der Waals surface area contributed by atoms with Crippen LogP contribution in [0.4, 0.5) is 0 Å². The Morgan fingerprint density at radius 1 is 1.29 bits per heavy atom. The average Bonchev–Trinajstić information content (AvgIpc) is 3.41. The molecule has 2 aromatic rings. The van der Waals surface area contributed by atoms with Crippen LogP contribution in [0.15, 0.2) is 40.8 Å². The lowest BCUT2D eigenvalue weighted by molar-refractivity contribution is 0.249. The van der Waals surface area contributed by atoms with E-state index >= 15 is 0 Å². The second-order valence-corrected chi connectivity index (χ2v) is 7.54. The molecule has 154 valence electrons. The number of rotatable bonds is 8. The van der Waals surface area contributed by atoms with E-state index in [9.17, 15) is 0 Å². The van der Waals surface area contributed by atoms with E-state index < -0.39 is 0 Å². The van der Waals surface area contributed by atoms with Gasteiger partial charge in [-0.2, -0.15) is 0 Å². The molecule has 0 aliphatic carbocycles. The second kappa shape index (κ2) is 12.2. The summed E-state index contributed by atoms with van der Waals surface area (Å²) in [5, 5.41) is 9.04. The predicted octanol–water partition coefficient (Wildman–Crippen LogP) is 3.66. The first-order valence-electron chi connectivity index (χ1n) is 9.58. The Balaban J connectivity index is 0.00000280. The van der Waals surface area contributed by atoms with Crippen LogP contribution in [0, 0.1) is 0 Å². The Morgan fingerprint density at radius 2 is 2.11 bits per heavy atom. The van der Waals surface area contributed by atoms with Crippen molar-refractivity contribution in [2.45, 2.75) is 32.4 Å². The molecule has 3 heterocycles. The van der Waals surface area contributed by atoms with Crippen LogP contribution in [0.5, 0.6) is 5.88 Å². The number of aromatic nitrogens is 1.